The van der Waals surface area contributed by atoms with Gasteiger partial charge < -0.3 is 26.1 Å². The third-order valence-electron chi connectivity index (χ3n) is 6.00. The minimum Gasteiger partial charge on any atom is -0.457 e. The molecule has 3 aromatic rings. The van der Waals surface area contributed by atoms with Crippen LogP contribution in [0.1, 0.15) is 23.9 Å². The molecule has 2 unspecified atom stereocenters. The summed E-state index contributed by atoms with van der Waals surface area (Å²) in [6.07, 6.45) is 4.23. The molecular weight excluding hydrogens is 432 g/mol. The van der Waals surface area contributed by atoms with Crippen LogP contribution in [-0.2, 0) is 0 Å². The highest BCUT2D eigenvalue weighted by Crippen LogP contribution is 2.27. The zero-order valence-electron chi connectivity index (χ0n) is 19.3. The third-order valence-corrected chi connectivity index (χ3v) is 6.00. The number of carbonyl (C=O) groups is 1. The Balaban J connectivity index is 1.46. The van der Waals surface area contributed by atoms with Crippen LogP contribution in [0, 0.1) is 24.2 Å². The number of anilines is 2. The van der Waals surface area contributed by atoms with Gasteiger partial charge in [-0.1, -0.05) is 13.0 Å². The zero-order valence-corrected chi connectivity index (χ0v) is 19.3. The minimum absolute atomic E-state index is 0.0394. The van der Waals surface area contributed by atoms with E-state index in [9.17, 15) is 4.79 Å². The van der Waals surface area contributed by atoms with E-state index in [0.717, 1.165) is 48.6 Å². The number of hydrogen-bond donors (Lipinski definition) is 5. The van der Waals surface area contributed by atoms with Gasteiger partial charge in [0.15, 0.2) is 0 Å². The predicted octanol–water partition coefficient (Wildman–Crippen LogP) is 3.00. The fraction of sp³-hybridized carbons (Fsp3) is 0.333. The van der Waals surface area contributed by atoms with Gasteiger partial charge in [-0.3, -0.25) is 10.7 Å². The first-order valence-electron chi connectivity index (χ1n) is 11.2. The Labute approximate surface area is 197 Å². The molecule has 2 aromatic heterocycles. The number of rotatable bonds is 8. The van der Waals surface area contributed by atoms with Gasteiger partial charge in [0.05, 0.1) is 0 Å². The van der Waals surface area contributed by atoms with Crippen LogP contribution < -0.4 is 22.1 Å². The van der Waals surface area contributed by atoms with Crippen molar-refractivity contribution in [1.29, 1.82) is 5.41 Å². The van der Waals surface area contributed by atoms with Crippen molar-refractivity contribution in [3.05, 3.63) is 53.4 Å². The molecule has 10 nitrogen and oxygen atoms in total. The van der Waals surface area contributed by atoms with Crippen molar-refractivity contribution in [2.75, 3.05) is 36.8 Å². The van der Waals surface area contributed by atoms with Crippen LogP contribution >= 0.6 is 0 Å². The van der Waals surface area contributed by atoms with Gasteiger partial charge in [-0.2, -0.15) is 4.98 Å². The minimum atomic E-state index is -0.695. The van der Waals surface area contributed by atoms with E-state index in [1.165, 1.54) is 0 Å². The van der Waals surface area contributed by atoms with E-state index in [1.54, 1.807) is 6.07 Å². The van der Waals surface area contributed by atoms with Crippen LogP contribution in [0.2, 0.25) is 0 Å². The van der Waals surface area contributed by atoms with Crippen LogP contribution in [0.4, 0.5) is 16.6 Å². The van der Waals surface area contributed by atoms with Gasteiger partial charge in [0.1, 0.15) is 23.0 Å². The summed E-state index contributed by atoms with van der Waals surface area (Å²) in [6, 6.07) is 8.61. The average Bonchev–Trinajstić information content (AvgIpc) is 3.37. The Morgan fingerprint density at radius 2 is 2.09 bits per heavy atom. The van der Waals surface area contributed by atoms with Gasteiger partial charge >= 0.3 is 6.03 Å². The van der Waals surface area contributed by atoms with E-state index in [4.69, 9.17) is 21.3 Å². The van der Waals surface area contributed by atoms with E-state index < -0.39 is 6.03 Å². The lowest BCUT2D eigenvalue weighted by atomic mass is 9.95. The molecule has 10 heteroatoms. The highest BCUT2D eigenvalue weighted by molar-refractivity contribution is 5.98. The van der Waals surface area contributed by atoms with Gasteiger partial charge in [0, 0.05) is 42.3 Å². The number of nitrogens with zero attached hydrogens (tertiary/aromatic N) is 3. The summed E-state index contributed by atoms with van der Waals surface area (Å²) in [4.78, 5) is 22.1. The number of furan rings is 1. The number of amidine groups is 1. The number of aryl methyl sites for hydroxylation is 1. The molecule has 2 amide bonds. The quantitative estimate of drug-likeness (QED) is 0.254. The van der Waals surface area contributed by atoms with Crippen molar-refractivity contribution in [3.8, 4) is 0 Å². The molecule has 4 rings (SSSR count). The predicted molar refractivity (Wildman–Crippen MR) is 134 cm³/mol. The Morgan fingerprint density at radius 3 is 2.82 bits per heavy atom. The Bertz CT molecular complexity index is 1230. The number of fused-ring (bicyclic) bond motifs is 1. The number of hydrogen-bond acceptors (Lipinski definition) is 7. The average molecular weight is 463 g/mol. The molecule has 2 atom stereocenters. The highest BCUT2D eigenvalue weighted by atomic mass is 16.3. The SMILES string of the molecule is CCN1CC(/C=C/c2cc3cc(C(=N)N)ccc3o2)C(CNc2cc(C)nc(NC(N)=O)n2)C1. The van der Waals surface area contributed by atoms with Crippen LogP contribution in [0.25, 0.3) is 17.0 Å². The number of nitrogens with two attached hydrogens (primary N) is 2. The van der Waals surface area contributed by atoms with E-state index >= 15 is 0 Å². The van der Waals surface area contributed by atoms with E-state index in [1.807, 2.05) is 37.3 Å². The number of aromatic nitrogens is 2. The first kappa shape index (κ1) is 23.2. The lowest BCUT2D eigenvalue weighted by Gasteiger charge is -2.17. The molecular formula is C24H30N8O2. The first-order chi connectivity index (χ1) is 16.3. The molecule has 0 radical (unpaired) electrons. The number of benzene rings is 1. The zero-order chi connectivity index (χ0) is 24.2. The lowest BCUT2D eigenvalue weighted by molar-refractivity contribution is 0.259. The molecule has 3 heterocycles. The Hall–Kier alpha value is -3.92. The molecule has 1 aliphatic rings. The van der Waals surface area contributed by atoms with Crippen LogP contribution in [0.5, 0.6) is 0 Å². The second kappa shape index (κ2) is 9.92. The van der Waals surface area contributed by atoms with Gasteiger partial charge in [-0.25, -0.2) is 9.78 Å². The summed E-state index contributed by atoms with van der Waals surface area (Å²) < 4.78 is 5.95. The fourth-order valence-corrected chi connectivity index (χ4v) is 4.27. The molecule has 7 N–H and O–H groups in total. The summed E-state index contributed by atoms with van der Waals surface area (Å²) >= 11 is 0. The molecule has 34 heavy (non-hydrogen) atoms. The summed E-state index contributed by atoms with van der Waals surface area (Å²) in [5, 5.41) is 14.4. The molecule has 1 saturated heterocycles. The summed E-state index contributed by atoms with van der Waals surface area (Å²) in [6.45, 7) is 7.64. The number of nitrogen functional groups attached to an aromatic ring is 1. The lowest BCUT2D eigenvalue weighted by Crippen LogP contribution is -2.24. The van der Waals surface area contributed by atoms with Crippen LogP contribution in [0.3, 0.4) is 0 Å². The number of primary amides is 1. The molecule has 0 saturated carbocycles. The molecule has 1 aliphatic heterocycles. The normalized spacial score (nSPS) is 18.5. The van der Waals surface area contributed by atoms with Gasteiger partial charge in [-0.15, -0.1) is 0 Å². The van der Waals surface area contributed by atoms with Crippen molar-refractivity contribution in [2.45, 2.75) is 13.8 Å². The van der Waals surface area contributed by atoms with Crippen molar-refractivity contribution in [2.24, 2.45) is 23.3 Å². The first-order valence-corrected chi connectivity index (χ1v) is 11.2. The topological polar surface area (TPSA) is 159 Å². The van der Waals surface area contributed by atoms with E-state index in [-0.39, 0.29) is 11.8 Å². The van der Waals surface area contributed by atoms with Gasteiger partial charge in [0.2, 0.25) is 5.95 Å². The van der Waals surface area contributed by atoms with Crippen molar-refractivity contribution >= 4 is 40.7 Å². The number of amides is 2. The summed E-state index contributed by atoms with van der Waals surface area (Å²) in [5.74, 6) is 2.34. The molecule has 0 aliphatic carbocycles. The standard InChI is InChI=1S/C24H30N8O2/c1-3-32-12-16(4-6-19-10-17-9-15(22(25)26)5-7-20(17)34-19)18(13-32)11-28-21-8-14(2)29-24(30-21)31-23(27)33/h4-10,16,18H,3,11-13H2,1-2H3,(H3,25,26)(H4,27,28,29,30,31,33)/b6-4+. The van der Waals surface area contributed by atoms with Gasteiger partial charge in [-0.05, 0) is 55.6 Å². The third kappa shape index (κ3) is 5.52. The maximum Gasteiger partial charge on any atom is 0.319 e. The molecule has 0 bridgehead atoms. The molecule has 178 valence electrons. The van der Waals surface area contributed by atoms with Crippen molar-refractivity contribution in [3.63, 3.8) is 0 Å². The smallest absolute Gasteiger partial charge is 0.319 e. The van der Waals surface area contributed by atoms with E-state index in [2.05, 4.69) is 38.5 Å². The molecule has 1 aromatic carbocycles. The maximum atomic E-state index is 11.1. The maximum absolute atomic E-state index is 11.1. The monoisotopic (exact) mass is 462 g/mol. The number of urea groups is 1. The highest BCUT2D eigenvalue weighted by Gasteiger charge is 2.30. The number of carbonyl (C=O) groups excluding carboxylic acids is 1. The Morgan fingerprint density at radius 1 is 1.26 bits per heavy atom. The van der Waals surface area contributed by atoms with Crippen molar-refractivity contribution in [1.82, 2.24) is 14.9 Å². The van der Waals surface area contributed by atoms with Crippen LogP contribution in [-0.4, -0.2) is 52.9 Å². The second-order valence-electron chi connectivity index (χ2n) is 8.54. The van der Waals surface area contributed by atoms with E-state index in [0.29, 0.717) is 23.2 Å². The van der Waals surface area contributed by atoms with Gasteiger partial charge in [0.25, 0.3) is 0 Å². The second-order valence-corrected chi connectivity index (χ2v) is 8.54. The van der Waals surface area contributed by atoms with Crippen LogP contribution in [0.15, 0.2) is 40.8 Å². The molecule has 1 fully saturated rings. The number of nitrogens with one attached hydrogen (secondary N) is 3. The summed E-state index contributed by atoms with van der Waals surface area (Å²) in [7, 11) is 0. The number of likely N-dealkylation sites (tertiary alicyclic amines) is 1. The summed E-state index contributed by atoms with van der Waals surface area (Å²) in [5.41, 5.74) is 13.0. The fourth-order valence-electron chi connectivity index (χ4n) is 4.27. The Kier molecular flexibility index (Phi) is 6.78. The molecule has 0 spiro atoms. The largest absolute Gasteiger partial charge is 0.457 e. The van der Waals surface area contributed by atoms with Crippen molar-refractivity contribution < 1.29 is 9.21 Å².